The Labute approximate surface area is 173 Å². The van der Waals surface area contributed by atoms with Gasteiger partial charge in [-0.1, -0.05) is 20.3 Å². The summed E-state index contributed by atoms with van der Waals surface area (Å²) in [5.74, 6) is 0.501. The number of halogens is 1. The zero-order valence-electron chi connectivity index (χ0n) is 16.9. The smallest absolute Gasteiger partial charge is 0.245 e. The lowest BCUT2D eigenvalue weighted by atomic mass is 9.54. The summed E-state index contributed by atoms with van der Waals surface area (Å²) in [7, 11) is 0. The van der Waals surface area contributed by atoms with Gasteiger partial charge in [-0.3, -0.25) is 4.79 Å². The van der Waals surface area contributed by atoms with Crippen LogP contribution in [0.1, 0.15) is 52.9 Å². The first-order valence-electron chi connectivity index (χ1n) is 9.94. The molecule has 4 N–H and O–H groups in total. The first-order chi connectivity index (χ1) is 12.8. The Hall–Kier alpha value is -1.34. The van der Waals surface area contributed by atoms with Crippen LogP contribution in [-0.2, 0) is 9.53 Å². The number of aliphatic hydroxyl groups is 1. The first kappa shape index (κ1) is 22.9. The van der Waals surface area contributed by atoms with E-state index in [1.165, 1.54) is 0 Å². The van der Waals surface area contributed by atoms with Crippen LogP contribution < -0.4 is 15.8 Å². The van der Waals surface area contributed by atoms with Crippen molar-refractivity contribution >= 4 is 24.0 Å². The highest BCUT2D eigenvalue weighted by molar-refractivity contribution is 5.99. The second-order valence-electron chi connectivity index (χ2n) is 8.33. The molecule has 0 saturated heterocycles. The van der Waals surface area contributed by atoms with Crippen molar-refractivity contribution in [2.75, 3.05) is 11.9 Å². The van der Waals surface area contributed by atoms with E-state index in [2.05, 4.69) is 5.32 Å². The Morgan fingerprint density at radius 1 is 1.25 bits per heavy atom. The van der Waals surface area contributed by atoms with Gasteiger partial charge in [0.25, 0.3) is 0 Å². The van der Waals surface area contributed by atoms with Crippen molar-refractivity contribution < 1.29 is 19.4 Å². The van der Waals surface area contributed by atoms with Crippen molar-refractivity contribution in [3.8, 4) is 5.75 Å². The summed E-state index contributed by atoms with van der Waals surface area (Å²) in [6.45, 7) is 6.51. The number of carbonyl (C=O) groups excluding carboxylic acids is 1. The topological polar surface area (TPSA) is 93.8 Å². The van der Waals surface area contributed by atoms with Gasteiger partial charge >= 0.3 is 0 Å². The van der Waals surface area contributed by atoms with Crippen molar-refractivity contribution in [1.29, 1.82) is 0 Å². The van der Waals surface area contributed by atoms with Crippen molar-refractivity contribution in [3.63, 3.8) is 0 Å². The Morgan fingerprint density at radius 2 is 1.89 bits per heavy atom. The molecule has 2 saturated carbocycles. The lowest BCUT2D eigenvalue weighted by Gasteiger charge is -2.57. The number of hydrogen-bond acceptors (Lipinski definition) is 5. The Kier molecular flexibility index (Phi) is 7.37. The van der Waals surface area contributed by atoms with Crippen LogP contribution in [0.5, 0.6) is 5.75 Å². The molecular weight excluding hydrogens is 380 g/mol. The van der Waals surface area contributed by atoms with Gasteiger partial charge in [-0.2, -0.15) is 0 Å². The van der Waals surface area contributed by atoms with Gasteiger partial charge in [-0.05, 0) is 50.5 Å². The molecule has 28 heavy (non-hydrogen) atoms. The minimum atomic E-state index is -0.950. The first-order valence-corrected chi connectivity index (χ1v) is 9.94. The lowest BCUT2D eigenvalue weighted by Crippen LogP contribution is -2.74. The maximum Gasteiger partial charge on any atom is 0.245 e. The van der Waals surface area contributed by atoms with Crippen LogP contribution in [0.4, 0.5) is 5.69 Å². The van der Waals surface area contributed by atoms with E-state index < -0.39 is 17.1 Å². The van der Waals surface area contributed by atoms with Gasteiger partial charge in [0, 0.05) is 24.1 Å². The summed E-state index contributed by atoms with van der Waals surface area (Å²) in [5.41, 5.74) is 5.72. The number of anilines is 1. The molecule has 3 rings (SSSR count). The van der Waals surface area contributed by atoms with Crippen LogP contribution in [0, 0.1) is 5.41 Å². The molecule has 2 aliphatic carbocycles. The monoisotopic (exact) mass is 412 g/mol. The van der Waals surface area contributed by atoms with Crippen molar-refractivity contribution in [1.82, 2.24) is 0 Å². The van der Waals surface area contributed by atoms with Crippen LogP contribution in [-0.4, -0.2) is 41.5 Å². The second kappa shape index (κ2) is 8.99. The van der Waals surface area contributed by atoms with Crippen LogP contribution >= 0.6 is 12.4 Å². The molecule has 6 nitrogen and oxygen atoms in total. The van der Waals surface area contributed by atoms with Crippen LogP contribution in [0.3, 0.4) is 0 Å². The minimum absolute atomic E-state index is 0. The SMILES string of the molecule is CCOC1CC(N)(C(=O)Nc2ccc(OC3CCCCC3O)cc2)C1(C)C.Cl. The van der Waals surface area contributed by atoms with Crippen LogP contribution in [0.25, 0.3) is 0 Å². The Balaban J connectivity index is 0.00000280. The average Bonchev–Trinajstić information content (AvgIpc) is 2.64. The van der Waals surface area contributed by atoms with Gasteiger partial charge in [0.1, 0.15) is 17.4 Å². The van der Waals surface area contributed by atoms with Crippen molar-refractivity contribution in [3.05, 3.63) is 24.3 Å². The standard InChI is InChI=1S/C21H32N2O4.ClH/c1-4-26-18-13-21(22,20(18,2)3)19(25)23-14-9-11-15(12-10-14)27-17-8-6-5-7-16(17)24;/h9-12,16-18,24H,4-8,13,22H2,1-3H3,(H,23,25);1H. The van der Waals surface area contributed by atoms with Crippen LogP contribution in [0.2, 0.25) is 0 Å². The highest BCUT2D eigenvalue weighted by atomic mass is 35.5. The molecular formula is C21H33ClN2O4. The van der Waals surface area contributed by atoms with Crippen molar-refractivity contribution in [2.45, 2.75) is 76.7 Å². The van der Waals surface area contributed by atoms with E-state index >= 15 is 0 Å². The molecule has 4 unspecified atom stereocenters. The number of ether oxygens (including phenoxy) is 2. The van der Waals surface area contributed by atoms with Gasteiger partial charge in [-0.15, -0.1) is 12.4 Å². The number of aliphatic hydroxyl groups excluding tert-OH is 1. The van der Waals surface area contributed by atoms with E-state index in [9.17, 15) is 9.90 Å². The average molecular weight is 413 g/mol. The summed E-state index contributed by atoms with van der Waals surface area (Å²) in [6, 6.07) is 7.24. The fourth-order valence-electron chi connectivity index (χ4n) is 4.07. The predicted molar refractivity (Wildman–Crippen MR) is 112 cm³/mol. The molecule has 2 fully saturated rings. The summed E-state index contributed by atoms with van der Waals surface area (Å²) in [6.07, 6.45) is 3.73. The molecule has 158 valence electrons. The molecule has 0 heterocycles. The molecule has 1 amide bonds. The molecule has 4 atom stereocenters. The fourth-order valence-corrected chi connectivity index (χ4v) is 4.07. The molecule has 1 aromatic rings. The van der Waals surface area contributed by atoms with Gasteiger partial charge in [-0.25, -0.2) is 0 Å². The molecule has 1 aromatic carbocycles. The van der Waals surface area contributed by atoms with E-state index in [-0.39, 0.29) is 30.5 Å². The van der Waals surface area contributed by atoms with E-state index in [0.29, 0.717) is 24.5 Å². The lowest BCUT2D eigenvalue weighted by molar-refractivity contribution is -0.166. The van der Waals surface area contributed by atoms with Gasteiger partial charge in [0.05, 0.1) is 12.2 Å². The third-order valence-corrected chi connectivity index (χ3v) is 6.30. The number of amides is 1. The minimum Gasteiger partial charge on any atom is -0.488 e. The number of benzene rings is 1. The fraction of sp³-hybridized carbons (Fsp3) is 0.667. The summed E-state index contributed by atoms with van der Waals surface area (Å²) < 4.78 is 11.6. The van der Waals surface area contributed by atoms with Gasteiger partial charge in [0.15, 0.2) is 0 Å². The number of nitrogens with one attached hydrogen (secondary N) is 1. The molecule has 0 spiro atoms. The van der Waals surface area contributed by atoms with E-state index in [0.717, 1.165) is 25.7 Å². The molecule has 7 heteroatoms. The Morgan fingerprint density at radius 3 is 2.46 bits per heavy atom. The maximum atomic E-state index is 12.8. The molecule has 0 aliphatic heterocycles. The summed E-state index contributed by atoms with van der Waals surface area (Å²) >= 11 is 0. The zero-order chi connectivity index (χ0) is 19.7. The largest absolute Gasteiger partial charge is 0.488 e. The third kappa shape index (κ3) is 4.30. The maximum absolute atomic E-state index is 12.8. The van der Waals surface area contributed by atoms with E-state index in [1.807, 2.05) is 32.9 Å². The quantitative estimate of drug-likeness (QED) is 0.666. The summed E-state index contributed by atoms with van der Waals surface area (Å²) in [5, 5.41) is 12.9. The number of nitrogens with two attached hydrogens (primary N) is 1. The van der Waals surface area contributed by atoms with Crippen LogP contribution in [0.15, 0.2) is 24.3 Å². The van der Waals surface area contributed by atoms with Crippen molar-refractivity contribution in [2.24, 2.45) is 11.1 Å². The zero-order valence-corrected chi connectivity index (χ0v) is 17.8. The number of carbonyl (C=O) groups is 1. The van der Waals surface area contributed by atoms with E-state index in [1.54, 1.807) is 12.1 Å². The Bertz CT molecular complexity index is 667. The second-order valence-corrected chi connectivity index (χ2v) is 8.33. The number of rotatable bonds is 6. The highest BCUT2D eigenvalue weighted by Gasteiger charge is 2.62. The molecule has 0 bridgehead atoms. The predicted octanol–water partition coefficient (Wildman–Crippen LogP) is 3.26. The third-order valence-electron chi connectivity index (χ3n) is 6.30. The molecule has 0 aromatic heterocycles. The number of hydrogen-bond donors (Lipinski definition) is 3. The highest BCUT2D eigenvalue weighted by Crippen LogP contribution is 2.50. The molecule has 2 aliphatic rings. The van der Waals surface area contributed by atoms with Gasteiger partial charge < -0.3 is 25.6 Å². The summed E-state index contributed by atoms with van der Waals surface area (Å²) in [4.78, 5) is 12.8. The van der Waals surface area contributed by atoms with E-state index in [4.69, 9.17) is 15.2 Å². The normalized spacial score (nSPS) is 31.2. The van der Waals surface area contributed by atoms with Gasteiger partial charge in [0.2, 0.25) is 5.91 Å². The molecule has 0 radical (unpaired) electrons.